The minimum atomic E-state index is -0.472. The van der Waals surface area contributed by atoms with Crippen LogP contribution in [-0.2, 0) is 0 Å². The SMILES string of the molecule is CC1CCN(C)C1C(O)N(C)C=S. The van der Waals surface area contributed by atoms with Gasteiger partial charge in [0.15, 0.2) is 0 Å². The Balaban J connectivity index is 2.63. The third-order valence-electron chi connectivity index (χ3n) is 2.92. The minimum absolute atomic E-state index is 0.212. The fourth-order valence-corrected chi connectivity index (χ4v) is 2.11. The van der Waals surface area contributed by atoms with Crippen LogP contribution in [-0.4, -0.2) is 53.3 Å². The molecule has 1 rings (SSSR count). The van der Waals surface area contributed by atoms with Gasteiger partial charge < -0.3 is 10.0 Å². The molecular weight excluding hydrogens is 184 g/mol. The van der Waals surface area contributed by atoms with Crippen LogP contribution in [0.2, 0.25) is 0 Å². The Morgan fingerprint density at radius 3 is 2.69 bits per heavy atom. The number of rotatable bonds is 3. The summed E-state index contributed by atoms with van der Waals surface area (Å²) in [6, 6.07) is 0.212. The molecule has 0 bridgehead atoms. The molecule has 0 saturated carbocycles. The van der Waals surface area contributed by atoms with Crippen molar-refractivity contribution in [3.8, 4) is 0 Å². The van der Waals surface area contributed by atoms with E-state index in [9.17, 15) is 5.11 Å². The van der Waals surface area contributed by atoms with Crippen molar-refractivity contribution >= 4 is 17.7 Å². The second-order valence-corrected chi connectivity index (χ2v) is 4.13. The number of thiocarbonyl (C=S) groups is 1. The summed E-state index contributed by atoms with van der Waals surface area (Å²) in [5.74, 6) is 0.539. The Kier molecular flexibility index (Phi) is 3.64. The average molecular weight is 202 g/mol. The van der Waals surface area contributed by atoms with E-state index in [2.05, 4.69) is 18.9 Å². The summed E-state index contributed by atoms with van der Waals surface area (Å²) >= 11 is 4.79. The van der Waals surface area contributed by atoms with E-state index in [4.69, 9.17) is 12.2 Å². The first-order valence-corrected chi connectivity index (χ1v) is 5.10. The Hall–Kier alpha value is -0.190. The summed E-state index contributed by atoms with van der Waals surface area (Å²) in [6.07, 6.45) is 0.684. The number of likely N-dealkylation sites (N-methyl/N-ethyl adjacent to an activating group) is 2. The molecule has 3 unspecified atom stereocenters. The first kappa shape index (κ1) is 10.9. The summed E-state index contributed by atoms with van der Waals surface area (Å²) in [5.41, 5.74) is 1.50. The smallest absolute Gasteiger partial charge is 0.142 e. The molecule has 1 heterocycles. The normalized spacial score (nSPS) is 31.7. The Labute approximate surface area is 85.3 Å². The maximum atomic E-state index is 9.94. The fraction of sp³-hybridized carbons (Fsp3) is 0.889. The molecule has 13 heavy (non-hydrogen) atoms. The number of aliphatic hydroxyl groups excluding tert-OH is 1. The van der Waals surface area contributed by atoms with Crippen molar-refractivity contribution in [3.05, 3.63) is 0 Å². The summed E-state index contributed by atoms with van der Waals surface area (Å²) < 4.78 is 0. The molecule has 1 aliphatic rings. The first-order chi connectivity index (χ1) is 6.07. The van der Waals surface area contributed by atoms with Gasteiger partial charge in [0.05, 0.1) is 11.5 Å². The molecule has 1 aliphatic heterocycles. The lowest BCUT2D eigenvalue weighted by molar-refractivity contribution is -0.00434. The van der Waals surface area contributed by atoms with Crippen LogP contribution in [0.1, 0.15) is 13.3 Å². The molecule has 0 aromatic carbocycles. The van der Waals surface area contributed by atoms with Crippen LogP contribution >= 0.6 is 12.2 Å². The van der Waals surface area contributed by atoms with Crippen LogP contribution in [0.4, 0.5) is 0 Å². The highest BCUT2D eigenvalue weighted by molar-refractivity contribution is 7.78. The van der Waals surface area contributed by atoms with Crippen LogP contribution in [0.25, 0.3) is 0 Å². The molecule has 0 amide bonds. The van der Waals surface area contributed by atoms with Gasteiger partial charge in [-0.1, -0.05) is 19.1 Å². The minimum Gasteiger partial charge on any atom is -0.372 e. The van der Waals surface area contributed by atoms with Crippen molar-refractivity contribution in [1.82, 2.24) is 9.80 Å². The van der Waals surface area contributed by atoms with E-state index in [1.54, 1.807) is 4.90 Å². The van der Waals surface area contributed by atoms with E-state index in [0.717, 1.165) is 13.0 Å². The van der Waals surface area contributed by atoms with Crippen LogP contribution in [0, 0.1) is 5.92 Å². The molecule has 3 nitrogen and oxygen atoms in total. The van der Waals surface area contributed by atoms with Crippen molar-refractivity contribution in [2.45, 2.75) is 25.6 Å². The summed E-state index contributed by atoms with van der Waals surface area (Å²) in [7, 11) is 3.87. The number of nitrogens with zero attached hydrogens (tertiary/aromatic N) is 2. The molecule has 0 aromatic heterocycles. The Morgan fingerprint density at radius 2 is 2.31 bits per heavy atom. The lowest BCUT2D eigenvalue weighted by Gasteiger charge is -2.32. The number of hydrogen-bond donors (Lipinski definition) is 1. The fourth-order valence-electron chi connectivity index (χ4n) is 1.99. The van der Waals surface area contributed by atoms with Gasteiger partial charge in [0.25, 0.3) is 0 Å². The van der Waals surface area contributed by atoms with Crippen LogP contribution in [0.3, 0.4) is 0 Å². The van der Waals surface area contributed by atoms with E-state index in [0.29, 0.717) is 5.92 Å². The van der Waals surface area contributed by atoms with Gasteiger partial charge in [0.1, 0.15) is 6.23 Å². The summed E-state index contributed by atoms with van der Waals surface area (Å²) in [5, 5.41) is 9.94. The largest absolute Gasteiger partial charge is 0.372 e. The first-order valence-electron chi connectivity index (χ1n) is 4.63. The zero-order valence-corrected chi connectivity index (χ0v) is 9.29. The van der Waals surface area contributed by atoms with Crippen molar-refractivity contribution in [3.63, 3.8) is 0 Å². The van der Waals surface area contributed by atoms with Crippen LogP contribution in [0.15, 0.2) is 0 Å². The van der Waals surface area contributed by atoms with Crippen molar-refractivity contribution in [2.75, 3.05) is 20.6 Å². The molecule has 3 atom stereocenters. The highest BCUT2D eigenvalue weighted by atomic mass is 32.1. The molecular formula is C9H18N2OS. The predicted octanol–water partition coefficient (Wildman–Crippen LogP) is 0.534. The highest BCUT2D eigenvalue weighted by Crippen LogP contribution is 2.25. The Bertz CT molecular complexity index is 178. The summed E-state index contributed by atoms with van der Waals surface area (Å²) in [6.45, 7) is 3.24. The molecule has 1 saturated heterocycles. The molecule has 1 N–H and O–H groups in total. The van der Waals surface area contributed by atoms with Gasteiger partial charge in [0, 0.05) is 7.05 Å². The maximum absolute atomic E-state index is 9.94. The van der Waals surface area contributed by atoms with E-state index in [1.807, 2.05) is 7.05 Å². The predicted molar refractivity (Wildman–Crippen MR) is 57.6 cm³/mol. The molecule has 1 fully saturated rings. The quantitative estimate of drug-likeness (QED) is 0.533. The lowest BCUT2D eigenvalue weighted by Crippen LogP contribution is -2.48. The molecule has 76 valence electrons. The molecule has 0 spiro atoms. The summed E-state index contributed by atoms with van der Waals surface area (Å²) in [4.78, 5) is 3.89. The van der Waals surface area contributed by atoms with Crippen LogP contribution in [0.5, 0.6) is 0 Å². The average Bonchev–Trinajstić information content (AvgIpc) is 2.44. The van der Waals surface area contributed by atoms with Crippen molar-refractivity contribution in [2.24, 2.45) is 5.92 Å². The van der Waals surface area contributed by atoms with E-state index in [-0.39, 0.29) is 6.04 Å². The monoisotopic (exact) mass is 202 g/mol. The van der Waals surface area contributed by atoms with Gasteiger partial charge in [0.2, 0.25) is 0 Å². The maximum Gasteiger partial charge on any atom is 0.142 e. The van der Waals surface area contributed by atoms with Crippen molar-refractivity contribution < 1.29 is 5.11 Å². The third-order valence-corrected chi connectivity index (χ3v) is 3.25. The van der Waals surface area contributed by atoms with Gasteiger partial charge >= 0.3 is 0 Å². The second kappa shape index (κ2) is 4.35. The highest BCUT2D eigenvalue weighted by Gasteiger charge is 2.35. The lowest BCUT2D eigenvalue weighted by atomic mass is 10.0. The van der Waals surface area contributed by atoms with E-state index < -0.39 is 6.23 Å². The topological polar surface area (TPSA) is 26.7 Å². The van der Waals surface area contributed by atoms with Gasteiger partial charge in [-0.25, -0.2) is 0 Å². The number of aliphatic hydroxyl groups is 1. The van der Waals surface area contributed by atoms with Gasteiger partial charge in [-0.2, -0.15) is 0 Å². The van der Waals surface area contributed by atoms with Crippen LogP contribution < -0.4 is 0 Å². The van der Waals surface area contributed by atoms with Gasteiger partial charge in [-0.05, 0) is 25.9 Å². The third kappa shape index (κ3) is 2.18. The molecule has 0 aromatic rings. The number of hydrogen-bond acceptors (Lipinski definition) is 3. The number of likely N-dealkylation sites (tertiary alicyclic amines) is 1. The molecule has 0 aliphatic carbocycles. The second-order valence-electron chi connectivity index (χ2n) is 3.92. The standard InChI is InChI=1S/C9H18N2OS/c1-7-4-5-10(2)8(7)9(12)11(3)6-13/h6-9,12H,4-5H2,1-3H3. The Morgan fingerprint density at radius 1 is 1.69 bits per heavy atom. The zero-order valence-electron chi connectivity index (χ0n) is 8.47. The van der Waals surface area contributed by atoms with E-state index in [1.165, 1.54) is 5.49 Å². The van der Waals surface area contributed by atoms with Gasteiger partial charge in [-0.15, -0.1) is 0 Å². The molecule has 0 radical (unpaired) electrons. The zero-order chi connectivity index (χ0) is 10.0. The van der Waals surface area contributed by atoms with Gasteiger partial charge in [-0.3, -0.25) is 4.90 Å². The van der Waals surface area contributed by atoms with E-state index >= 15 is 0 Å². The molecule has 4 heteroatoms. The van der Waals surface area contributed by atoms with Crippen molar-refractivity contribution in [1.29, 1.82) is 0 Å².